The number of benzene rings is 2. The van der Waals surface area contributed by atoms with Crippen LogP contribution in [-0.2, 0) is 0 Å². The van der Waals surface area contributed by atoms with Gasteiger partial charge in [0, 0.05) is 11.1 Å². The van der Waals surface area contributed by atoms with Crippen molar-refractivity contribution in [2.45, 2.75) is 0 Å². The lowest BCUT2D eigenvalue weighted by Crippen LogP contribution is -1.92. The summed E-state index contributed by atoms with van der Waals surface area (Å²) in [7, 11) is 1.63. The number of aromatic nitrogens is 5. The van der Waals surface area contributed by atoms with E-state index in [0.717, 1.165) is 27.9 Å². The number of fused-ring (bicyclic) bond motifs is 1. The van der Waals surface area contributed by atoms with Gasteiger partial charge >= 0.3 is 0 Å². The van der Waals surface area contributed by atoms with Crippen molar-refractivity contribution in [1.29, 1.82) is 0 Å². The summed E-state index contributed by atoms with van der Waals surface area (Å²) >= 11 is 0. The summed E-state index contributed by atoms with van der Waals surface area (Å²) in [5.74, 6) is 1.89. The molecule has 0 aliphatic heterocycles. The summed E-state index contributed by atoms with van der Waals surface area (Å²) in [5, 5.41) is 18.3. The van der Waals surface area contributed by atoms with Crippen LogP contribution in [0.3, 0.4) is 0 Å². The van der Waals surface area contributed by atoms with Gasteiger partial charge in [-0.1, -0.05) is 12.1 Å². The average molecular weight is 306 g/mol. The van der Waals surface area contributed by atoms with Crippen LogP contribution in [-0.4, -0.2) is 32.5 Å². The molecule has 0 radical (unpaired) electrons. The van der Waals surface area contributed by atoms with Gasteiger partial charge in [-0.3, -0.25) is 10.2 Å². The molecular weight excluding hydrogens is 292 g/mol. The summed E-state index contributed by atoms with van der Waals surface area (Å²) in [5.41, 5.74) is 2.74. The zero-order valence-electron chi connectivity index (χ0n) is 12.4. The van der Waals surface area contributed by atoms with E-state index in [-0.39, 0.29) is 0 Å². The van der Waals surface area contributed by atoms with Crippen molar-refractivity contribution < 1.29 is 4.74 Å². The number of aromatic amines is 2. The minimum absolute atomic E-state index is 0.494. The Bertz CT molecular complexity index is 958. The van der Waals surface area contributed by atoms with Crippen LogP contribution in [0.25, 0.3) is 22.3 Å². The Morgan fingerprint density at radius 1 is 1.09 bits per heavy atom. The highest BCUT2D eigenvalue weighted by atomic mass is 16.5. The average Bonchev–Trinajstić information content (AvgIpc) is 3.23. The Labute approximate surface area is 131 Å². The fourth-order valence-corrected chi connectivity index (χ4v) is 2.43. The van der Waals surface area contributed by atoms with Gasteiger partial charge < -0.3 is 10.1 Å². The molecule has 4 aromatic rings. The standard InChI is InChI=1S/C16H14N6O/c1-23-14-5-3-2-4-12(14)15-19-16(22-21-15)18-11-6-7-13-10(8-11)9-17-20-13/h2-9H,1H3,(H,17,20)(H2,18,19,21,22). The number of methoxy groups -OCH3 is 1. The molecule has 3 N–H and O–H groups in total. The second kappa shape index (κ2) is 5.45. The van der Waals surface area contributed by atoms with Crippen molar-refractivity contribution in [3.63, 3.8) is 0 Å². The molecule has 0 amide bonds. The van der Waals surface area contributed by atoms with Gasteiger partial charge in [-0.2, -0.15) is 10.1 Å². The zero-order chi connectivity index (χ0) is 15.6. The maximum atomic E-state index is 5.35. The SMILES string of the molecule is COc1ccccc1-c1nc(Nc2ccc3[nH]ncc3c2)n[nH]1. The lowest BCUT2D eigenvalue weighted by atomic mass is 10.2. The van der Waals surface area contributed by atoms with Gasteiger partial charge in [-0.05, 0) is 30.3 Å². The van der Waals surface area contributed by atoms with Gasteiger partial charge in [0.15, 0.2) is 5.82 Å². The van der Waals surface area contributed by atoms with Gasteiger partial charge in [-0.25, -0.2) is 0 Å². The molecule has 0 aliphatic rings. The number of nitrogens with zero attached hydrogens (tertiary/aromatic N) is 3. The van der Waals surface area contributed by atoms with Crippen LogP contribution in [0, 0.1) is 0 Å². The van der Waals surface area contributed by atoms with E-state index in [1.807, 2.05) is 42.5 Å². The third-order valence-corrected chi connectivity index (χ3v) is 3.54. The first-order valence-corrected chi connectivity index (χ1v) is 7.09. The predicted molar refractivity (Wildman–Crippen MR) is 87.7 cm³/mol. The lowest BCUT2D eigenvalue weighted by Gasteiger charge is -2.04. The molecule has 0 spiro atoms. The first kappa shape index (κ1) is 13.3. The Morgan fingerprint density at radius 3 is 2.91 bits per heavy atom. The van der Waals surface area contributed by atoms with E-state index in [0.29, 0.717) is 11.8 Å². The first-order valence-electron chi connectivity index (χ1n) is 7.09. The van der Waals surface area contributed by atoms with Crippen molar-refractivity contribution in [2.75, 3.05) is 12.4 Å². The van der Waals surface area contributed by atoms with Gasteiger partial charge in [0.25, 0.3) is 0 Å². The smallest absolute Gasteiger partial charge is 0.246 e. The molecule has 114 valence electrons. The van der Waals surface area contributed by atoms with Crippen molar-refractivity contribution in [1.82, 2.24) is 25.4 Å². The van der Waals surface area contributed by atoms with Gasteiger partial charge in [0.05, 0.1) is 24.4 Å². The summed E-state index contributed by atoms with van der Waals surface area (Å²) in [6.45, 7) is 0. The minimum atomic E-state index is 0.494. The molecule has 23 heavy (non-hydrogen) atoms. The van der Waals surface area contributed by atoms with Crippen LogP contribution in [0.5, 0.6) is 5.75 Å². The molecule has 2 aromatic carbocycles. The molecule has 7 nitrogen and oxygen atoms in total. The molecule has 2 aromatic heterocycles. The van der Waals surface area contributed by atoms with Crippen LogP contribution < -0.4 is 10.1 Å². The fraction of sp³-hybridized carbons (Fsp3) is 0.0625. The number of para-hydroxylation sites is 1. The summed E-state index contributed by atoms with van der Waals surface area (Å²) in [4.78, 5) is 4.47. The second-order valence-electron chi connectivity index (χ2n) is 5.00. The quantitative estimate of drug-likeness (QED) is 0.539. The maximum Gasteiger partial charge on any atom is 0.246 e. The maximum absolute atomic E-state index is 5.35. The van der Waals surface area contributed by atoms with Crippen molar-refractivity contribution >= 4 is 22.5 Å². The molecule has 4 rings (SSSR count). The van der Waals surface area contributed by atoms with Crippen LogP contribution in [0.15, 0.2) is 48.7 Å². The van der Waals surface area contributed by atoms with E-state index in [9.17, 15) is 0 Å². The van der Waals surface area contributed by atoms with Gasteiger partial charge in [0.2, 0.25) is 5.95 Å². The molecule has 0 saturated heterocycles. The Morgan fingerprint density at radius 2 is 2.00 bits per heavy atom. The normalized spacial score (nSPS) is 10.8. The molecule has 0 saturated carbocycles. The molecule has 7 heteroatoms. The molecule has 2 heterocycles. The number of hydrogen-bond donors (Lipinski definition) is 3. The van der Waals surface area contributed by atoms with Gasteiger partial charge in [0.1, 0.15) is 5.75 Å². The molecule has 0 atom stereocenters. The van der Waals surface area contributed by atoms with Crippen molar-refractivity contribution in [3.05, 3.63) is 48.7 Å². The number of hydrogen-bond acceptors (Lipinski definition) is 5. The zero-order valence-corrected chi connectivity index (χ0v) is 12.4. The van der Waals surface area contributed by atoms with E-state index in [4.69, 9.17) is 4.74 Å². The van der Waals surface area contributed by atoms with Crippen LogP contribution in [0.1, 0.15) is 0 Å². The highest BCUT2D eigenvalue weighted by Gasteiger charge is 2.10. The third kappa shape index (κ3) is 2.48. The summed E-state index contributed by atoms with van der Waals surface area (Å²) in [6, 6.07) is 13.5. The highest BCUT2D eigenvalue weighted by molar-refractivity contribution is 5.82. The highest BCUT2D eigenvalue weighted by Crippen LogP contribution is 2.27. The number of ether oxygens (including phenoxy) is 1. The largest absolute Gasteiger partial charge is 0.496 e. The predicted octanol–water partition coefficient (Wildman–Crippen LogP) is 3.10. The van der Waals surface area contributed by atoms with Crippen molar-refractivity contribution in [3.8, 4) is 17.1 Å². The van der Waals surface area contributed by atoms with Crippen LogP contribution >= 0.6 is 0 Å². The lowest BCUT2D eigenvalue weighted by molar-refractivity contribution is 0.416. The van der Waals surface area contributed by atoms with Crippen LogP contribution in [0.2, 0.25) is 0 Å². The Kier molecular flexibility index (Phi) is 3.16. The molecular formula is C16H14N6O. The third-order valence-electron chi connectivity index (χ3n) is 3.54. The van der Waals surface area contributed by atoms with E-state index in [2.05, 4.69) is 30.7 Å². The summed E-state index contributed by atoms with van der Waals surface area (Å²) < 4.78 is 5.35. The molecule has 0 unspecified atom stereocenters. The van der Waals surface area contributed by atoms with Gasteiger partial charge in [-0.15, -0.1) is 5.10 Å². The first-order chi connectivity index (χ1) is 11.3. The van der Waals surface area contributed by atoms with E-state index < -0.39 is 0 Å². The molecule has 0 bridgehead atoms. The minimum Gasteiger partial charge on any atom is -0.496 e. The van der Waals surface area contributed by atoms with E-state index in [1.54, 1.807) is 13.3 Å². The fourth-order valence-electron chi connectivity index (χ4n) is 2.43. The molecule has 0 fully saturated rings. The summed E-state index contributed by atoms with van der Waals surface area (Å²) in [6.07, 6.45) is 1.78. The number of H-pyrrole nitrogens is 2. The topological polar surface area (TPSA) is 91.5 Å². The van der Waals surface area contributed by atoms with Crippen molar-refractivity contribution in [2.24, 2.45) is 0 Å². The second-order valence-corrected chi connectivity index (χ2v) is 5.00. The Balaban J connectivity index is 1.62. The van der Waals surface area contributed by atoms with E-state index >= 15 is 0 Å². The number of rotatable bonds is 4. The van der Waals surface area contributed by atoms with Crippen LogP contribution in [0.4, 0.5) is 11.6 Å². The Hall–Kier alpha value is -3.35. The number of anilines is 2. The molecule has 0 aliphatic carbocycles. The van der Waals surface area contributed by atoms with E-state index in [1.165, 1.54) is 0 Å². The monoisotopic (exact) mass is 306 g/mol. The number of nitrogens with one attached hydrogen (secondary N) is 3.